The van der Waals surface area contributed by atoms with E-state index in [4.69, 9.17) is 0 Å². The molecular weight excluding hydrogens is 816 g/mol. The summed E-state index contributed by atoms with van der Waals surface area (Å²) in [5.41, 5.74) is 11.9. The third-order valence-electron chi connectivity index (χ3n) is 11.8. The van der Waals surface area contributed by atoms with Crippen LogP contribution in [0.15, 0.2) is 56.5 Å². The second-order valence-electron chi connectivity index (χ2n) is 15.6. The van der Waals surface area contributed by atoms with Crippen LogP contribution in [-0.2, 0) is 12.8 Å². The van der Waals surface area contributed by atoms with E-state index >= 15 is 0 Å². The van der Waals surface area contributed by atoms with E-state index in [0.717, 1.165) is 103 Å². The van der Waals surface area contributed by atoms with E-state index in [2.05, 4.69) is 94.2 Å². The van der Waals surface area contributed by atoms with Gasteiger partial charge in [0, 0.05) is 20.1 Å². The number of nitrogens with zero attached hydrogens (tertiary/aromatic N) is 4. The standard InChI is InChI=1S/C50H56Br2N4/c1-3-5-7-9-11-13-15-17-19-21-23-41-47-39-27-25-37(51)29-43(39)46(36(33-55)34-56)50(47)42(24-22-20-18-16-14-12-10-8-6-4-2)48-40-28-26-38(52)30-44(40)45(49(41)48)35(31-53)32-54/h25-30H,3-24H2,1-2H3. The summed E-state index contributed by atoms with van der Waals surface area (Å²) in [7, 11) is 0. The lowest BCUT2D eigenvalue weighted by atomic mass is 9.80. The molecule has 0 saturated heterocycles. The molecule has 3 aromatic carbocycles. The first-order chi connectivity index (χ1) is 27.4. The normalized spacial score (nSPS) is 11.9. The van der Waals surface area contributed by atoms with Gasteiger partial charge in [0.2, 0.25) is 0 Å². The first kappa shape index (κ1) is 43.2. The summed E-state index contributed by atoms with van der Waals surface area (Å²) in [6.45, 7) is 4.52. The van der Waals surface area contributed by atoms with Gasteiger partial charge in [-0.3, -0.25) is 0 Å². The van der Waals surface area contributed by atoms with Crippen molar-refractivity contribution >= 4 is 43.0 Å². The number of rotatable bonds is 22. The zero-order valence-corrected chi connectivity index (χ0v) is 36.7. The summed E-state index contributed by atoms with van der Waals surface area (Å²) in [6, 6.07) is 21.5. The molecule has 0 fully saturated rings. The quantitative estimate of drug-likeness (QED) is 0.0511. The van der Waals surface area contributed by atoms with Gasteiger partial charge >= 0.3 is 0 Å². The first-order valence-corrected chi connectivity index (χ1v) is 23.0. The molecular formula is C50H56Br2N4. The Balaban J connectivity index is 1.63. The van der Waals surface area contributed by atoms with E-state index in [9.17, 15) is 21.0 Å². The number of hydrogen-bond donors (Lipinski definition) is 0. The molecule has 0 spiro atoms. The van der Waals surface area contributed by atoms with Gasteiger partial charge in [0.1, 0.15) is 35.4 Å². The van der Waals surface area contributed by atoms with Gasteiger partial charge in [-0.05, 0) is 106 Å². The molecule has 0 amide bonds. The average molecular weight is 873 g/mol. The highest BCUT2D eigenvalue weighted by Crippen LogP contribution is 2.59. The van der Waals surface area contributed by atoms with Gasteiger partial charge in [-0.2, -0.15) is 21.0 Å². The minimum Gasteiger partial charge on any atom is -0.192 e. The Labute approximate surface area is 353 Å². The van der Waals surface area contributed by atoms with Crippen molar-refractivity contribution in [2.75, 3.05) is 0 Å². The van der Waals surface area contributed by atoms with Gasteiger partial charge in [0.05, 0.1) is 0 Å². The fraction of sp³-hybridized carbons (Fsp3) is 0.480. The van der Waals surface area contributed by atoms with E-state index in [0.29, 0.717) is 11.1 Å². The molecule has 0 N–H and O–H groups in total. The van der Waals surface area contributed by atoms with Crippen LogP contribution in [0, 0.1) is 45.3 Å². The molecule has 2 aliphatic rings. The van der Waals surface area contributed by atoms with Gasteiger partial charge in [-0.15, -0.1) is 0 Å². The third kappa shape index (κ3) is 9.95. The van der Waals surface area contributed by atoms with Crippen molar-refractivity contribution in [2.45, 2.75) is 155 Å². The average Bonchev–Trinajstić information content (AvgIpc) is 3.70. The van der Waals surface area contributed by atoms with Crippen LogP contribution in [0.5, 0.6) is 0 Å². The maximum atomic E-state index is 10.5. The summed E-state index contributed by atoms with van der Waals surface area (Å²) >= 11 is 7.40. The van der Waals surface area contributed by atoms with Crippen molar-refractivity contribution in [3.05, 3.63) is 89.9 Å². The predicted octanol–water partition coefficient (Wildman–Crippen LogP) is 15.8. The number of halogens is 2. The second-order valence-corrected chi connectivity index (χ2v) is 17.5. The molecule has 0 atom stereocenters. The molecule has 56 heavy (non-hydrogen) atoms. The zero-order valence-electron chi connectivity index (χ0n) is 33.6. The summed E-state index contributed by atoms with van der Waals surface area (Å²) in [4.78, 5) is 0. The number of unbranched alkanes of at least 4 members (excludes halogenated alkanes) is 18. The molecule has 6 heteroatoms. The smallest absolute Gasteiger partial charge is 0.138 e. The van der Waals surface area contributed by atoms with Crippen molar-refractivity contribution in [3.8, 4) is 46.5 Å². The molecule has 4 nitrogen and oxygen atoms in total. The van der Waals surface area contributed by atoms with Crippen LogP contribution >= 0.6 is 31.9 Å². The first-order valence-electron chi connectivity index (χ1n) is 21.4. The molecule has 0 saturated carbocycles. The minimum atomic E-state index is 0.122. The van der Waals surface area contributed by atoms with Gasteiger partial charge < -0.3 is 0 Å². The maximum Gasteiger partial charge on any atom is 0.138 e. The summed E-state index contributed by atoms with van der Waals surface area (Å²) < 4.78 is 1.78. The molecule has 2 aliphatic carbocycles. The van der Waals surface area contributed by atoms with E-state index < -0.39 is 0 Å². The maximum absolute atomic E-state index is 10.5. The monoisotopic (exact) mass is 870 g/mol. The van der Waals surface area contributed by atoms with Gasteiger partial charge in [-0.25, -0.2) is 0 Å². The van der Waals surface area contributed by atoms with E-state index in [1.54, 1.807) is 0 Å². The minimum absolute atomic E-state index is 0.122. The molecule has 3 aromatic rings. The van der Waals surface area contributed by atoms with Crippen LogP contribution in [0.3, 0.4) is 0 Å². The number of fused-ring (bicyclic) bond motifs is 6. The van der Waals surface area contributed by atoms with Crippen LogP contribution in [0.25, 0.3) is 33.4 Å². The molecule has 0 radical (unpaired) electrons. The molecule has 290 valence electrons. The van der Waals surface area contributed by atoms with Crippen LogP contribution < -0.4 is 0 Å². The van der Waals surface area contributed by atoms with Gasteiger partial charge in [0.25, 0.3) is 0 Å². The molecule has 0 unspecified atom stereocenters. The lowest BCUT2D eigenvalue weighted by Crippen LogP contribution is -2.06. The summed E-state index contributed by atoms with van der Waals surface area (Å²) in [5.74, 6) is 0. The van der Waals surface area contributed by atoms with E-state index in [-0.39, 0.29) is 11.1 Å². The Morgan fingerprint density at radius 2 is 0.714 bits per heavy atom. The number of nitriles is 4. The third-order valence-corrected chi connectivity index (χ3v) is 12.7. The molecule has 0 aromatic heterocycles. The lowest BCUT2D eigenvalue weighted by Gasteiger charge is -2.22. The highest BCUT2D eigenvalue weighted by Gasteiger charge is 2.39. The van der Waals surface area contributed by atoms with Gasteiger partial charge in [0.15, 0.2) is 0 Å². The summed E-state index contributed by atoms with van der Waals surface area (Å²) in [5, 5.41) is 41.9. The Morgan fingerprint density at radius 3 is 1.02 bits per heavy atom. The van der Waals surface area contributed by atoms with Crippen molar-refractivity contribution < 1.29 is 0 Å². The van der Waals surface area contributed by atoms with Crippen molar-refractivity contribution in [3.63, 3.8) is 0 Å². The van der Waals surface area contributed by atoms with E-state index in [1.165, 1.54) is 103 Å². The van der Waals surface area contributed by atoms with Crippen LogP contribution in [-0.4, -0.2) is 0 Å². The van der Waals surface area contributed by atoms with Crippen LogP contribution in [0.4, 0.5) is 0 Å². The predicted molar refractivity (Wildman–Crippen MR) is 238 cm³/mol. The molecule has 0 aliphatic heterocycles. The highest BCUT2D eigenvalue weighted by molar-refractivity contribution is 9.10. The highest BCUT2D eigenvalue weighted by atomic mass is 79.9. The molecule has 0 bridgehead atoms. The Hall–Kier alpha value is -3.94. The fourth-order valence-corrected chi connectivity index (χ4v) is 9.75. The number of allylic oxidation sites excluding steroid dienone is 2. The summed E-state index contributed by atoms with van der Waals surface area (Å²) in [6.07, 6.45) is 26.1. The lowest BCUT2D eigenvalue weighted by molar-refractivity contribution is 0.556. The van der Waals surface area contributed by atoms with Crippen LogP contribution in [0.2, 0.25) is 0 Å². The zero-order chi connectivity index (χ0) is 39.9. The van der Waals surface area contributed by atoms with Crippen molar-refractivity contribution in [1.29, 1.82) is 21.0 Å². The van der Waals surface area contributed by atoms with Crippen LogP contribution in [0.1, 0.15) is 176 Å². The fourth-order valence-electron chi connectivity index (χ4n) is 9.02. The Bertz CT molecular complexity index is 1930. The Morgan fingerprint density at radius 1 is 0.411 bits per heavy atom. The Kier molecular flexibility index (Phi) is 17.1. The largest absolute Gasteiger partial charge is 0.192 e. The van der Waals surface area contributed by atoms with Crippen molar-refractivity contribution in [2.24, 2.45) is 0 Å². The van der Waals surface area contributed by atoms with E-state index in [1.807, 2.05) is 12.1 Å². The number of benzene rings is 3. The SMILES string of the molecule is CCCCCCCCCCCCc1c2c(c(CCCCCCCCCCCC)c3c1-c1ccc(Br)cc1C3=C(C#N)C#N)-c1ccc(Br)cc1C2=C(C#N)C#N. The van der Waals surface area contributed by atoms with Crippen molar-refractivity contribution in [1.82, 2.24) is 0 Å². The molecule has 0 heterocycles. The molecule has 5 rings (SSSR count). The topological polar surface area (TPSA) is 95.2 Å². The second kappa shape index (κ2) is 22.1. The van der Waals surface area contributed by atoms with Gasteiger partial charge in [-0.1, -0.05) is 173 Å². The number of hydrogen-bond acceptors (Lipinski definition) is 4.